The summed E-state index contributed by atoms with van der Waals surface area (Å²) in [6.45, 7) is 6.22. The molecule has 0 aliphatic heterocycles. The third-order valence-electron chi connectivity index (χ3n) is 10.1. The molecule has 0 aliphatic carbocycles. The number of allylic oxidation sites excluding steroid dienone is 17. The van der Waals surface area contributed by atoms with Gasteiger partial charge >= 0.3 is 5.97 Å². The molecule has 0 fully saturated rings. The van der Waals surface area contributed by atoms with Crippen molar-refractivity contribution in [2.24, 2.45) is 0 Å². The van der Waals surface area contributed by atoms with E-state index in [4.69, 9.17) is 4.74 Å². The van der Waals surface area contributed by atoms with Gasteiger partial charge in [-0.2, -0.15) is 0 Å². The number of amides is 1. The van der Waals surface area contributed by atoms with Crippen LogP contribution in [0.5, 0.6) is 0 Å². The maximum absolute atomic E-state index is 13.1. The van der Waals surface area contributed by atoms with Gasteiger partial charge in [-0.05, 0) is 44.9 Å². The molecule has 0 aliphatic rings. The molecule has 0 aromatic heterocycles. The molecular weight excluding hydrogens is 731 g/mol. The summed E-state index contributed by atoms with van der Waals surface area (Å²) in [5.74, 6) is -0.647. The van der Waals surface area contributed by atoms with Crippen LogP contribution in [-0.2, 0) is 14.3 Å². The number of nitrogens with one attached hydrogen (secondary N) is 1. The molecule has 0 aromatic rings. The Morgan fingerprint density at radius 2 is 0.949 bits per heavy atom. The third-order valence-corrected chi connectivity index (χ3v) is 10.1. The summed E-state index contributed by atoms with van der Waals surface area (Å²) in [5, 5.41) is 23.6. The van der Waals surface area contributed by atoms with E-state index in [0.29, 0.717) is 19.3 Å². The fourth-order valence-corrected chi connectivity index (χ4v) is 6.46. The molecule has 334 valence electrons. The largest absolute Gasteiger partial charge is 0.461 e. The first-order valence-corrected chi connectivity index (χ1v) is 23.7. The summed E-state index contributed by atoms with van der Waals surface area (Å²) >= 11 is 0. The fourth-order valence-electron chi connectivity index (χ4n) is 6.46. The average Bonchev–Trinajstić information content (AvgIpc) is 3.23. The van der Waals surface area contributed by atoms with Gasteiger partial charge in [0.15, 0.2) is 0 Å². The van der Waals surface area contributed by atoms with Gasteiger partial charge < -0.3 is 20.3 Å². The Kier molecular flexibility index (Phi) is 42.9. The topological polar surface area (TPSA) is 95.9 Å². The molecule has 1 amide bonds. The number of rotatable bonds is 40. The lowest BCUT2D eigenvalue weighted by Crippen LogP contribution is -2.46. The number of unbranched alkanes of at least 4 members (excludes halogenated alkanes) is 18. The van der Waals surface area contributed by atoms with Crippen LogP contribution in [0.1, 0.15) is 188 Å². The molecule has 0 saturated heterocycles. The molecule has 0 heterocycles. The average molecular weight is 818 g/mol. The van der Waals surface area contributed by atoms with Gasteiger partial charge in [-0.1, -0.05) is 233 Å². The van der Waals surface area contributed by atoms with E-state index in [1.165, 1.54) is 70.6 Å². The van der Waals surface area contributed by atoms with E-state index in [1.807, 2.05) is 54.7 Å². The highest BCUT2D eigenvalue weighted by Crippen LogP contribution is 2.15. The minimum atomic E-state index is -0.827. The molecule has 0 bridgehead atoms. The van der Waals surface area contributed by atoms with Gasteiger partial charge in [-0.25, -0.2) is 0 Å². The molecule has 3 N–H and O–H groups in total. The Morgan fingerprint density at radius 1 is 0.525 bits per heavy atom. The number of carbonyl (C=O) groups excluding carboxylic acids is 2. The minimum absolute atomic E-state index is 0.0351. The minimum Gasteiger partial charge on any atom is -0.461 e. The van der Waals surface area contributed by atoms with Crippen molar-refractivity contribution >= 4 is 11.9 Å². The Bertz CT molecular complexity index is 1240. The van der Waals surface area contributed by atoms with Crippen LogP contribution in [0.25, 0.3) is 0 Å². The Morgan fingerprint density at radius 3 is 1.47 bits per heavy atom. The summed E-state index contributed by atoms with van der Waals surface area (Å²) in [6.07, 6.45) is 61.7. The maximum Gasteiger partial charge on any atom is 0.306 e. The zero-order chi connectivity index (χ0) is 43.1. The number of aliphatic hydroxyl groups is 2. The quantitative estimate of drug-likeness (QED) is 0.0325. The first-order chi connectivity index (χ1) is 29.0. The molecule has 0 aromatic carbocycles. The lowest BCUT2D eigenvalue weighted by atomic mass is 10.0. The van der Waals surface area contributed by atoms with Crippen LogP contribution in [0.3, 0.4) is 0 Å². The monoisotopic (exact) mass is 818 g/mol. The van der Waals surface area contributed by atoms with Crippen molar-refractivity contribution in [2.45, 2.75) is 206 Å². The van der Waals surface area contributed by atoms with Gasteiger partial charge in [-0.15, -0.1) is 0 Å². The zero-order valence-corrected chi connectivity index (χ0v) is 37.8. The van der Waals surface area contributed by atoms with Crippen LogP contribution in [0, 0.1) is 0 Å². The Balaban J connectivity index is 4.75. The highest BCUT2D eigenvalue weighted by molar-refractivity contribution is 5.77. The van der Waals surface area contributed by atoms with Gasteiger partial charge in [0.1, 0.15) is 6.10 Å². The second-order valence-corrected chi connectivity index (χ2v) is 15.6. The van der Waals surface area contributed by atoms with Crippen LogP contribution in [0.15, 0.2) is 109 Å². The van der Waals surface area contributed by atoms with Crippen molar-refractivity contribution < 1.29 is 24.5 Å². The SMILES string of the molecule is CC/C=C/C=C/C=C\C=C/C=C/CC(CC(=O)NC(CO)C(O)CCCCCCCCCCCCC)OC(=O)CCCCCCC/C=C/C=C/C=C/C=C/CCCCC. The second-order valence-electron chi connectivity index (χ2n) is 15.6. The molecular formula is C53H87NO5. The zero-order valence-electron chi connectivity index (χ0n) is 37.8. The molecule has 6 heteroatoms. The van der Waals surface area contributed by atoms with Crippen LogP contribution >= 0.6 is 0 Å². The van der Waals surface area contributed by atoms with Gasteiger partial charge in [0, 0.05) is 12.8 Å². The summed E-state index contributed by atoms with van der Waals surface area (Å²) in [7, 11) is 0. The van der Waals surface area contributed by atoms with Gasteiger partial charge in [0.25, 0.3) is 0 Å². The molecule has 6 nitrogen and oxygen atoms in total. The first kappa shape index (κ1) is 55.5. The smallest absolute Gasteiger partial charge is 0.306 e. The molecule has 0 saturated carbocycles. The summed E-state index contributed by atoms with van der Waals surface area (Å²) in [5.41, 5.74) is 0. The van der Waals surface area contributed by atoms with Crippen molar-refractivity contribution in [2.75, 3.05) is 6.61 Å². The van der Waals surface area contributed by atoms with Gasteiger partial charge in [0.2, 0.25) is 5.91 Å². The van der Waals surface area contributed by atoms with Crippen molar-refractivity contribution in [1.82, 2.24) is 5.32 Å². The number of aliphatic hydroxyl groups excluding tert-OH is 2. The molecule has 3 unspecified atom stereocenters. The van der Waals surface area contributed by atoms with Gasteiger partial charge in [-0.3, -0.25) is 9.59 Å². The standard InChI is InChI=1S/C53H87NO5/c1-4-7-10-13-16-19-22-23-24-25-26-27-28-31-34-37-40-43-46-53(58)59-49(44-41-38-35-32-29-20-17-14-11-8-5-2)47-52(57)54-50(48-55)51(56)45-42-39-36-33-30-21-18-15-12-9-6-3/h8,11,14,16-17,19-20,22-27,29,32,35,38,41,49-51,55-56H,4-7,9-10,12-13,15,18,21,28,30-31,33-34,36-37,39-40,42-48H2,1-3H3,(H,54,57)/b11-8+,17-14+,19-16+,23-22+,25-24+,27-26+,29-20-,35-32-,41-38+. The Hall–Kier alpha value is -3.48. The lowest BCUT2D eigenvalue weighted by molar-refractivity contribution is -0.150. The van der Waals surface area contributed by atoms with Crippen molar-refractivity contribution in [3.8, 4) is 0 Å². The number of ether oxygens (including phenoxy) is 1. The van der Waals surface area contributed by atoms with Crippen molar-refractivity contribution in [3.63, 3.8) is 0 Å². The van der Waals surface area contributed by atoms with E-state index < -0.39 is 18.2 Å². The Labute approximate surface area is 362 Å². The predicted molar refractivity (Wildman–Crippen MR) is 254 cm³/mol. The van der Waals surface area contributed by atoms with Gasteiger partial charge in [0.05, 0.1) is 25.2 Å². The molecule has 0 spiro atoms. The fraction of sp³-hybridized carbons (Fsp3) is 0.623. The molecule has 0 rings (SSSR count). The van der Waals surface area contributed by atoms with E-state index in [0.717, 1.165) is 70.6 Å². The summed E-state index contributed by atoms with van der Waals surface area (Å²) < 4.78 is 5.81. The lowest BCUT2D eigenvalue weighted by Gasteiger charge is -2.24. The number of esters is 1. The molecule has 0 radical (unpaired) electrons. The number of carbonyl (C=O) groups is 2. The van der Waals surface area contributed by atoms with Crippen molar-refractivity contribution in [3.05, 3.63) is 109 Å². The number of hydrogen-bond acceptors (Lipinski definition) is 5. The van der Waals surface area contributed by atoms with Crippen LogP contribution < -0.4 is 5.32 Å². The first-order valence-electron chi connectivity index (χ1n) is 23.7. The highest BCUT2D eigenvalue weighted by atomic mass is 16.5. The highest BCUT2D eigenvalue weighted by Gasteiger charge is 2.23. The predicted octanol–water partition coefficient (Wildman–Crippen LogP) is 13.9. The van der Waals surface area contributed by atoms with Crippen molar-refractivity contribution in [1.29, 1.82) is 0 Å². The van der Waals surface area contributed by atoms with Crippen LogP contribution in [0.4, 0.5) is 0 Å². The van der Waals surface area contributed by atoms with E-state index in [1.54, 1.807) is 0 Å². The maximum atomic E-state index is 13.1. The van der Waals surface area contributed by atoms with Crippen LogP contribution in [-0.4, -0.2) is 46.9 Å². The molecule has 59 heavy (non-hydrogen) atoms. The van der Waals surface area contributed by atoms with E-state index in [9.17, 15) is 19.8 Å². The summed E-state index contributed by atoms with van der Waals surface area (Å²) in [6, 6.07) is -0.750. The van der Waals surface area contributed by atoms with Crippen LogP contribution in [0.2, 0.25) is 0 Å². The summed E-state index contributed by atoms with van der Waals surface area (Å²) in [4.78, 5) is 26.0. The molecule has 3 atom stereocenters. The van der Waals surface area contributed by atoms with E-state index >= 15 is 0 Å². The second kappa shape index (κ2) is 45.6. The number of hydrogen-bond donors (Lipinski definition) is 3. The van der Waals surface area contributed by atoms with E-state index in [-0.39, 0.29) is 24.9 Å². The van der Waals surface area contributed by atoms with E-state index in [2.05, 4.69) is 80.8 Å². The third kappa shape index (κ3) is 41.1. The normalized spacial score (nSPS) is 14.3.